The second-order valence-corrected chi connectivity index (χ2v) is 7.72. The Bertz CT molecular complexity index is 996. The summed E-state index contributed by atoms with van der Waals surface area (Å²) in [5.41, 5.74) is 1.55. The molecule has 3 heterocycles. The molecule has 1 aliphatic heterocycles. The highest BCUT2D eigenvalue weighted by Crippen LogP contribution is 2.23. The molecule has 2 aromatic heterocycles. The van der Waals surface area contributed by atoms with Crippen LogP contribution in [0.5, 0.6) is 0 Å². The van der Waals surface area contributed by atoms with Crippen molar-refractivity contribution < 1.29 is 9.32 Å². The monoisotopic (exact) mass is 426 g/mol. The highest BCUT2D eigenvalue weighted by molar-refractivity contribution is 6.30. The molecule has 0 unspecified atom stereocenters. The fourth-order valence-electron chi connectivity index (χ4n) is 3.57. The zero-order chi connectivity index (χ0) is 20.9. The number of carbonyl (C=O) groups excluding carboxylic acids is 1. The summed E-state index contributed by atoms with van der Waals surface area (Å²) in [6.45, 7) is 1.90. The lowest BCUT2D eigenvalue weighted by Crippen LogP contribution is -2.51. The molecule has 9 heteroatoms. The van der Waals surface area contributed by atoms with Gasteiger partial charge >= 0.3 is 6.03 Å². The van der Waals surface area contributed by atoms with Crippen molar-refractivity contribution in [2.75, 3.05) is 25.0 Å². The SMILES string of the molecule is CN(C(=O)NCc1cc(-c2cccc(Cl)c2)no1)[C@@H]1CCCN(c2cccnn2)C1. The van der Waals surface area contributed by atoms with E-state index in [1.807, 2.05) is 43.4 Å². The number of hydrogen-bond acceptors (Lipinski definition) is 6. The number of aromatic nitrogens is 3. The van der Waals surface area contributed by atoms with Gasteiger partial charge in [-0.2, -0.15) is 5.10 Å². The Labute approximate surface area is 179 Å². The van der Waals surface area contributed by atoms with Gasteiger partial charge in [0.1, 0.15) is 5.69 Å². The fourth-order valence-corrected chi connectivity index (χ4v) is 3.76. The zero-order valence-electron chi connectivity index (χ0n) is 16.7. The quantitative estimate of drug-likeness (QED) is 0.670. The molecule has 1 fully saturated rings. The first kappa shape index (κ1) is 20.2. The van der Waals surface area contributed by atoms with Crippen LogP contribution < -0.4 is 10.2 Å². The van der Waals surface area contributed by atoms with Crippen LogP contribution in [0.4, 0.5) is 10.6 Å². The number of urea groups is 1. The first-order chi connectivity index (χ1) is 14.6. The van der Waals surface area contributed by atoms with E-state index in [9.17, 15) is 4.79 Å². The topological polar surface area (TPSA) is 87.4 Å². The van der Waals surface area contributed by atoms with Gasteiger partial charge in [-0.1, -0.05) is 28.9 Å². The van der Waals surface area contributed by atoms with Gasteiger partial charge in [-0.05, 0) is 37.1 Å². The standard InChI is InChI=1S/C21H23ClN6O2/c1-27(17-7-4-10-28(14-17)20-8-3-9-24-25-20)21(29)23-13-18-12-19(26-30-18)15-5-2-6-16(22)11-15/h2-3,5-6,8-9,11-12,17H,4,7,10,13-14H2,1H3,(H,23,29)/t17-/m1/s1. The van der Waals surface area contributed by atoms with Crippen molar-refractivity contribution in [1.29, 1.82) is 0 Å². The van der Waals surface area contributed by atoms with Crippen molar-refractivity contribution in [2.24, 2.45) is 0 Å². The number of nitrogens with one attached hydrogen (secondary N) is 1. The molecular formula is C21H23ClN6O2. The van der Waals surface area contributed by atoms with E-state index in [1.54, 1.807) is 17.2 Å². The third-order valence-electron chi connectivity index (χ3n) is 5.24. The zero-order valence-corrected chi connectivity index (χ0v) is 17.4. The van der Waals surface area contributed by atoms with Gasteiger partial charge in [0.05, 0.1) is 12.6 Å². The first-order valence-electron chi connectivity index (χ1n) is 9.85. The molecule has 1 saturated heterocycles. The maximum Gasteiger partial charge on any atom is 0.317 e. The number of rotatable bonds is 5. The molecule has 30 heavy (non-hydrogen) atoms. The molecule has 1 atom stereocenters. The summed E-state index contributed by atoms with van der Waals surface area (Å²) in [6, 6.07) is 13.0. The molecule has 4 rings (SSSR count). The molecule has 156 valence electrons. The number of piperidine rings is 1. The molecule has 1 N–H and O–H groups in total. The fraction of sp³-hybridized carbons (Fsp3) is 0.333. The van der Waals surface area contributed by atoms with Crippen LogP contribution in [0.1, 0.15) is 18.6 Å². The number of anilines is 1. The molecule has 1 aromatic carbocycles. The molecule has 1 aliphatic rings. The van der Waals surface area contributed by atoms with Crippen molar-refractivity contribution in [2.45, 2.75) is 25.4 Å². The minimum atomic E-state index is -0.151. The summed E-state index contributed by atoms with van der Waals surface area (Å²) in [6.07, 6.45) is 3.59. The van der Waals surface area contributed by atoms with E-state index in [0.29, 0.717) is 16.5 Å². The summed E-state index contributed by atoms with van der Waals surface area (Å²) in [4.78, 5) is 16.6. The predicted octanol–water partition coefficient (Wildman–Crippen LogP) is 3.60. The third kappa shape index (κ3) is 4.71. The Balaban J connectivity index is 1.33. The third-order valence-corrected chi connectivity index (χ3v) is 5.48. The van der Waals surface area contributed by atoms with Crippen LogP contribution in [-0.2, 0) is 6.54 Å². The van der Waals surface area contributed by atoms with E-state index < -0.39 is 0 Å². The van der Waals surface area contributed by atoms with Gasteiger partial charge in [0, 0.05) is 43.0 Å². The van der Waals surface area contributed by atoms with Gasteiger partial charge in [0.25, 0.3) is 0 Å². The maximum atomic E-state index is 12.7. The Morgan fingerprint density at radius 2 is 2.23 bits per heavy atom. The molecule has 2 amide bonds. The second kappa shape index (κ2) is 9.13. The molecule has 0 bridgehead atoms. The number of benzene rings is 1. The summed E-state index contributed by atoms with van der Waals surface area (Å²) in [5.74, 6) is 1.42. The van der Waals surface area contributed by atoms with E-state index in [2.05, 4.69) is 25.6 Å². The number of halogens is 1. The molecule has 8 nitrogen and oxygen atoms in total. The average molecular weight is 427 g/mol. The van der Waals surface area contributed by atoms with E-state index in [-0.39, 0.29) is 18.6 Å². The van der Waals surface area contributed by atoms with Crippen molar-refractivity contribution in [3.05, 3.63) is 59.4 Å². The Morgan fingerprint density at radius 1 is 1.33 bits per heavy atom. The van der Waals surface area contributed by atoms with Crippen molar-refractivity contribution in [1.82, 2.24) is 25.6 Å². The lowest BCUT2D eigenvalue weighted by Gasteiger charge is -2.37. The number of likely N-dealkylation sites (N-methyl/N-ethyl adjacent to an activating group) is 1. The van der Waals surface area contributed by atoms with Gasteiger partial charge in [0.2, 0.25) is 0 Å². The average Bonchev–Trinajstić information content (AvgIpc) is 3.27. The van der Waals surface area contributed by atoms with Crippen molar-refractivity contribution in [3.63, 3.8) is 0 Å². The number of nitrogens with zero attached hydrogens (tertiary/aromatic N) is 5. The Kier molecular flexibility index (Phi) is 6.13. The normalized spacial score (nSPS) is 16.3. The molecule has 0 spiro atoms. The van der Waals surface area contributed by atoms with Crippen LogP contribution in [0.3, 0.4) is 0 Å². The van der Waals surface area contributed by atoms with E-state index in [0.717, 1.165) is 37.3 Å². The number of hydrogen-bond donors (Lipinski definition) is 1. The van der Waals surface area contributed by atoms with Gasteiger partial charge < -0.3 is 19.6 Å². The Morgan fingerprint density at radius 3 is 3.03 bits per heavy atom. The second-order valence-electron chi connectivity index (χ2n) is 7.28. The summed E-state index contributed by atoms with van der Waals surface area (Å²) >= 11 is 6.03. The molecule has 0 radical (unpaired) electrons. The van der Waals surface area contributed by atoms with Gasteiger partial charge in [-0.3, -0.25) is 0 Å². The van der Waals surface area contributed by atoms with Crippen molar-refractivity contribution >= 4 is 23.4 Å². The Hall–Kier alpha value is -3.13. The minimum absolute atomic E-state index is 0.0949. The molecular weight excluding hydrogens is 404 g/mol. The van der Waals surface area contributed by atoms with Crippen LogP contribution in [0.15, 0.2) is 53.2 Å². The van der Waals surface area contributed by atoms with Crippen LogP contribution in [0.2, 0.25) is 5.02 Å². The van der Waals surface area contributed by atoms with E-state index in [1.165, 1.54) is 0 Å². The smallest absolute Gasteiger partial charge is 0.317 e. The number of amides is 2. The summed E-state index contributed by atoms with van der Waals surface area (Å²) in [5, 5.41) is 15.7. The minimum Gasteiger partial charge on any atom is -0.359 e. The number of carbonyl (C=O) groups is 1. The van der Waals surface area contributed by atoms with Crippen molar-refractivity contribution in [3.8, 4) is 11.3 Å². The lowest BCUT2D eigenvalue weighted by molar-refractivity contribution is 0.181. The molecule has 0 aliphatic carbocycles. The highest BCUT2D eigenvalue weighted by Gasteiger charge is 2.27. The molecule has 0 saturated carbocycles. The van der Waals surface area contributed by atoms with Gasteiger partial charge in [-0.25, -0.2) is 4.79 Å². The van der Waals surface area contributed by atoms with Crippen LogP contribution in [-0.4, -0.2) is 52.5 Å². The maximum absolute atomic E-state index is 12.7. The predicted molar refractivity (Wildman–Crippen MR) is 114 cm³/mol. The first-order valence-corrected chi connectivity index (χ1v) is 10.2. The summed E-state index contributed by atoms with van der Waals surface area (Å²) < 4.78 is 5.36. The van der Waals surface area contributed by atoms with Gasteiger partial charge in [0.15, 0.2) is 11.6 Å². The van der Waals surface area contributed by atoms with Crippen LogP contribution in [0, 0.1) is 0 Å². The van der Waals surface area contributed by atoms with Crippen LogP contribution >= 0.6 is 11.6 Å². The lowest BCUT2D eigenvalue weighted by atomic mass is 10.0. The van der Waals surface area contributed by atoms with Crippen LogP contribution in [0.25, 0.3) is 11.3 Å². The van der Waals surface area contributed by atoms with E-state index >= 15 is 0 Å². The van der Waals surface area contributed by atoms with Gasteiger partial charge in [-0.15, -0.1) is 5.10 Å². The highest BCUT2D eigenvalue weighted by atomic mass is 35.5. The summed E-state index contributed by atoms with van der Waals surface area (Å²) in [7, 11) is 1.82. The molecule has 3 aromatic rings. The van der Waals surface area contributed by atoms with E-state index in [4.69, 9.17) is 16.1 Å². The largest absolute Gasteiger partial charge is 0.359 e.